The second kappa shape index (κ2) is 9.20. The van der Waals surface area contributed by atoms with Crippen molar-refractivity contribution >= 4 is 32.4 Å². The fourth-order valence-electron chi connectivity index (χ4n) is 4.99. The molecule has 1 aromatic heterocycles. The first-order valence-electron chi connectivity index (χ1n) is 12.2. The van der Waals surface area contributed by atoms with Crippen LogP contribution in [0.3, 0.4) is 0 Å². The fraction of sp³-hybridized carbons (Fsp3) is 0.423. The molecule has 0 radical (unpaired) electrons. The fourth-order valence-corrected chi connectivity index (χ4v) is 6.56. The standard InChI is InChI=1S/C26H30N4O4S/c1-18(2)17-30-25(31)22-9-5-4-8-21(22)24(27-30)26(32)29-15-12-19-16-20(10-11-23(19)29)35(33,34)28-13-6-3-7-14-28/h4-5,8-11,16,18H,3,6-7,12-15,17H2,1-2H3. The van der Waals surface area contributed by atoms with Crippen LogP contribution in [0.5, 0.6) is 0 Å². The molecule has 2 aliphatic rings. The Bertz CT molecular complexity index is 1460. The second-order valence-electron chi connectivity index (χ2n) is 9.74. The molecule has 1 fully saturated rings. The van der Waals surface area contributed by atoms with Crippen LogP contribution in [0.2, 0.25) is 0 Å². The highest BCUT2D eigenvalue weighted by atomic mass is 32.2. The maximum absolute atomic E-state index is 13.7. The van der Waals surface area contributed by atoms with Gasteiger partial charge in [0, 0.05) is 37.3 Å². The largest absolute Gasteiger partial charge is 0.306 e. The lowest BCUT2D eigenvalue weighted by Gasteiger charge is -2.26. The third kappa shape index (κ3) is 4.27. The van der Waals surface area contributed by atoms with E-state index in [-0.39, 0.29) is 28.0 Å². The zero-order chi connectivity index (χ0) is 24.7. The van der Waals surface area contributed by atoms with Crippen molar-refractivity contribution in [3.63, 3.8) is 0 Å². The summed E-state index contributed by atoms with van der Waals surface area (Å²) >= 11 is 0. The number of nitrogens with zero attached hydrogens (tertiary/aromatic N) is 4. The van der Waals surface area contributed by atoms with E-state index in [0.29, 0.717) is 49.1 Å². The summed E-state index contributed by atoms with van der Waals surface area (Å²) in [5.74, 6) is -0.0961. The van der Waals surface area contributed by atoms with Gasteiger partial charge in [0.15, 0.2) is 5.69 Å². The maximum atomic E-state index is 13.7. The average molecular weight is 495 g/mol. The van der Waals surface area contributed by atoms with Gasteiger partial charge in [-0.3, -0.25) is 9.59 Å². The lowest BCUT2D eigenvalue weighted by atomic mass is 10.1. The van der Waals surface area contributed by atoms with Gasteiger partial charge in [0.05, 0.1) is 10.3 Å². The topological polar surface area (TPSA) is 92.6 Å². The van der Waals surface area contributed by atoms with Crippen molar-refractivity contribution in [3.8, 4) is 0 Å². The van der Waals surface area contributed by atoms with Crippen LogP contribution in [-0.2, 0) is 23.0 Å². The molecule has 8 nitrogen and oxygen atoms in total. The predicted octanol–water partition coefficient (Wildman–Crippen LogP) is 3.43. The minimum Gasteiger partial charge on any atom is -0.306 e. The number of fused-ring (bicyclic) bond motifs is 2. The van der Waals surface area contributed by atoms with Crippen LogP contribution in [0.15, 0.2) is 52.2 Å². The van der Waals surface area contributed by atoms with Crippen LogP contribution >= 0.6 is 0 Å². The molecule has 0 N–H and O–H groups in total. The molecule has 0 bridgehead atoms. The molecule has 0 saturated carbocycles. The van der Waals surface area contributed by atoms with E-state index in [1.807, 2.05) is 13.8 Å². The van der Waals surface area contributed by atoms with Gasteiger partial charge < -0.3 is 4.90 Å². The Kier molecular flexibility index (Phi) is 6.23. The Morgan fingerprint density at radius 1 is 1.00 bits per heavy atom. The van der Waals surface area contributed by atoms with Crippen LogP contribution < -0.4 is 10.5 Å². The van der Waals surface area contributed by atoms with Crippen LogP contribution in [0.1, 0.15) is 49.2 Å². The molecular formula is C26H30N4O4S. The molecule has 184 valence electrons. The highest BCUT2D eigenvalue weighted by Crippen LogP contribution is 2.33. The number of carbonyl (C=O) groups excluding carboxylic acids is 1. The Balaban J connectivity index is 1.51. The number of amides is 1. The Hall–Kier alpha value is -3.04. The first-order valence-corrected chi connectivity index (χ1v) is 13.7. The van der Waals surface area contributed by atoms with E-state index in [9.17, 15) is 18.0 Å². The molecule has 1 saturated heterocycles. The molecule has 0 aliphatic carbocycles. The molecule has 0 spiro atoms. The van der Waals surface area contributed by atoms with Crippen molar-refractivity contribution in [1.82, 2.24) is 14.1 Å². The number of hydrogen-bond donors (Lipinski definition) is 0. The number of sulfonamides is 1. The van der Waals surface area contributed by atoms with Gasteiger partial charge >= 0.3 is 0 Å². The number of hydrogen-bond acceptors (Lipinski definition) is 5. The van der Waals surface area contributed by atoms with Gasteiger partial charge in [0.2, 0.25) is 10.0 Å². The molecule has 5 rings (SSSR count). The Morgan fingerprint density at radius 2 is 1.71 bits per heavy atom. The maximum Gasteiger partial charge on any atom is 0.279 e. The summed E-state index contributed by atoms with van der Waals surface area (Å²) in [4.78, 5) is 28.6. The lowest BCUT2D eigenvalue weighted by Crippen LogP contribution is -2.35. The lowest BCUT2D eigenvalue weighted by molar-refractivity contribution is 0.0983. The van der Waals surface area contributed by atoms with Gasteiger partial charge in [-0.15, -0.1) is 0 Å². The highest BCUT2D eigenvalue weighted by Gasteiger charge is 2.32. The minimum absolute atomic E-state index is 0.192. The summed E-state index contributed by atoms with van der Waals surface area (Å²) in [6.45, 7) is 5.94. The van der Waals surface area contributed by atoms with E-state index >= 15 is 0 Å². The van der Waals surface area contributed by atoms with E-state index in [4.69, 9.17) is 0 Å². The van der Waals surface area contributed by atoms with Crippen molar-refractivity contribution in [2.45, 2.75) is 51.0 Å². The molecule has 0 unspecified atom stereocenters. The smallest absolute Gasteiger partial charge is 0.279 e. The van der Waals surface area contributed by atoms with E-state index in [0.717, 1.165) is 24.8 Å². The van der Waals surface area contributed by atoms with Crippen LogP contribution in [0, 0.1) is 5.92 Å². The van der Waals surface area contributed by atoms with Gasteiger partial charge in [-0.05, 0) is 55.0 Å². The summed E-state index contributed by atoms with van der Waals surface area (Å²) in [5, 5.41) is 5.48. The van der Waals surface area contributed by atoms with Crippen molar-refractivity contribution in [2.75, 3.05) is 24.5 Å². The SMILES string of the molecule is CC(C)Cn1nc(C(=O)N2CCc3cc(S(=O)(=O)N4CCCCC4)ccc32)c2ccccc2c1=O. The van der Waals surface area contributed by atoms with E-state index in [2.05, 4.69) is 5.10 Å². The number of rotatable bonds is 5. The predicted molar refractivity (Wildman–Crippen MR) is 135 cm³/mol. The van der Waals surface area contributed by atoms with Gasteiger partial charge in [-0.2, -0.15) is 9.40 Å². The van der Waals surface area contributed by atoms with Crippen molar-refractivity contribution < 1.29 is 13.2 Å². The number of carbonyl (C=O) groups is 1. The summed E-state index contributed by atoms with van der Waals surface area (Å²) in [5.41, 5.74) is 1.55. The third-order valence-electron chi connectivity index (χ3n) is 6.75. The summed E-state index contributed by atoms with van der Waals surface area (Å²) in [7, 11) is -3.54. The molecule has 35 heavy (non-hydrogen) atoms. The van der Waals surface area contributed by atoms with Gasteiger partial charge in [-0.1, -0.05) is 38.5 Å². The Labute approximate surface area is 205 Å². The summed E-state index contributed by atoms with van der Waals surface area (Å²) in [6.07, 6.45) is 3.38. The molecule has 1 amide bonds. The van der Waals surface area contributed by atoms with Gasteiger partial charge in [-0.25, -0.2) is 13.1 Å². The normalized spacial score (nSPS) is 16.7. The van der Waals surface area contributed by atoms with Crippen molar-refractivity contribution in [1.29, 1.82) is 0 Å². The summed E-state index contributed by atoms with van der Waals surface area (Å²) < 4.78 is 29.2. The molecule has 3 heterocycles. The van der Waals surface area contributed by atoms with Gasteiger partial charge in [0.25, 0.3) is 11.5 Å². The number of benzene rings is 2. The average Bonchev–Trinajstić information content (AvgIpc) is 3.29. The molecular weight excluding hydrogens is 464 g/mol. The molecule has 3 aromatic rings. The highest BCUT2D eigenvalue weighted by molar-refractivity contribution is 7.89. The van der Waals surface area contributed by atoms with E-state index in [1.165, 1.54) is 4.68 Å². The minimum atomic E-state index is -3.54. The Morgan fingerprint density at radius 3 is 2.43 bits per heavy atom. The molecule has 9 heteroatoms. The third-order valence-corrected chi connectivity index (χ3v) is 8.65. The zero-order valence-electron chi connectivity index (χ0n) is 20.1. The van der Waals surface area contributed by atoms with Crippen LogP contribution in [0.4, 0.5) is 5.69 Å². The first kappa shape index (κ1) is 23.7. The van der Waals surface area contributed by atoms with E-state index < -0.39 is 10.0 Å². The van der Waals surface area contributed by atoms with E-state index in [1.54, 1.807) is 51.7 Å². The summed E-state index contributed by atoms with van der Waals surface area (Å²) in [6, 6.07) is 12.1. The molecule has 0 atom stereocenters. The molecule has 2 aromatic carbocycles. The first-order chi connectivity index (χ1) is 16.8. The second-order valence-corrected chi connectivity index (χ2v) is 11.7. The monoisotopic (exact) mass is 494 g/mol. The molecule has 2 aliphatic heterocycles. The quantitative estimate of drug-likeness (QED) is 0.542. The van der Waals surface area contributed by atoms with Crippen LogP contribution in [-0.4, -0.2) is 48.0 Å². The number of anilines is 1. The number of piperidine rings is 1. The van der Waals surface area contributed by atoms with Crippen LogP contribution in [0.25, 0.3) is 10.8 Å². The zero-order valence-corrected chi connectivity index (χ0v) is 20.9. The van der Waals surface area contributed by atoms with Crippen molar-refractivity contribution in [2.24, 2.45) is 5.92 Å². The van der Waals surface area contributed by atoms with Crippen molar-refractivity contribution in [3.05, 3.63) is 64.1 Å². The number of aromatic nitrogens is 2. The van der Waals surface area contributed by atoms with Gasteiger partial charge in [0.1, 0.15) is 0 Å².